The number of hydrogen-bond donors (Lipinski definition) is 2. The molecule has 0 unspecified atom stereocenters. The number of rotatable bonds is 5. The van der Waals surface area contributed by atoms with Gasteiger partial charge in [0.15, 0.2) is 5.78 Å². The first-order chi connectivity index (χ1) is 10.2. The zero-order valence-corrected chi connectivity index (χ0v) is 12.6. The van der Waals surface area contributed by atoms with Gasteiger partial charge in [-0.2, -0.15) is 0 Å². The number of benzene rings is 2. The van der Waals surface area contributed by atoms with Crippen LogP contribution in [0.1, 0.15) is 20.7 Å². The van der Waals surface area contributed by atoms with E-state index in [9.17, 15) is 9.59 Å². The van der Waals surface area contributed by atoms with Crippen LogP contribution in [0, 0.1) is 0 Å². The van der Waals surface area contributed by atoms with E-state index in [-0.39, 0.29) is 11.7 Å². The molecule has 0 radical (unpaired) electrons. The van der Waals surface area contributed by atoms with Crippen molar-refractivity contribution in [2.24, 2.45) is 0 Å². The van der Waals surface area contributed by atoms with Gasteiger partial charge in [-0.05, 0) is 24.3 Å². The maximum Gasteiger partial charge on any atom is 0.269 e. The van der Waals surface area contributed by atoms with Crippen LogP contribution >= 0.6 is 15.9 Å². The van der Waals surface area contributed by atoms with Gasteiger partial charge < -0.3 is 5.43 Å². The Balaban J connectivity index is 1.86. The van der Waals surface area contributed by atoms with E-state index in [1.807, 2.05) is 12.1 Å². The Kier molecular flexibility index (Phi) is 5.29. The summed E-state index contributed by atoms with van der Waals surface area (Å²) >= 11 is 3.31. The van der Waals surface area contributed by atoms with E-state index in [0.717, 1.165) is 4.47 Å². The minimum Gasteiger partial charge on any atom is -0.305 e. The molecule has 0 bridgehead atoms. The Hall–Kier alpha value is -2.40. The van der Waals surface area contributed by atoms with Crippen LogP contribution in [-0.2, 0) is 0 Å². The van der Waals surface area contributed by atoms with E-state index in [2.05, 4.69) is 26.8 Å². The van der Waals surface area contributed by atoms with E-state index in [0.29, 0.717) is 11.1 Å². The van der Waals surface area contributed by atoms with E-state index < -0.39 is 0 Å². The molecule has 0 saturated carbocycles. The zero-order chi connectivity index (χ0) is 15.1. The minimum absolute atomic E-state index is 0.155. The molecule has 1 amide bonds. The number of nitrogens with one attached hydrogen (secondary N) is 2. The number of halogens is 1. The third kappa shape index (κ3) is 4.57. The normalized spacial score (nSPS) is 10.3. The molecule has 0 fully saturated rings. The molecule has 0 heterocycles. The standard InChI is InChI=1S/C16H13BrN2O2/c17-14-8-4-7-13(11-14)15(20)9-10-18-19-16(21)12-5-2-1-3-6-12/h1-11,18H,(H,19,21)/b10-9-. The smallest absolute Gasteiger partial charge is 0.269 e. The molecular weight excluding hydrogens is 332 g/mol. The summed E-state index contributed by atoms with van der Waals surface area (Å²) < 4.78 is 0.840. The summed E-state index contributed by atoms with van der Waals surface area (Å²) in [4.78, 5) is 23.6. The molecule has 2 aromatic rings. The summed E-state index contributed by atoms with van der Waals surface area (Å²) in [7, 11) is 0. The van der Waals surface area contributed by atoms with Crippen molar-refractivity contribution in [1.82, 2.24) is 10.9 Å². The Bertz CT molecular complexity index is 669. The predicted molar refractivity (Wildman–Crippen MR) is 84.7 cm³/mol. The molecule has 0 saturated heterocycles. The molecule has 0 aliphatic carbocycles. The average molecular weight is 345 g/mol. The van der Waals surface area contributed by atoms with Gasteiger partial charge in [0, 0.05) is 27.9 Å². The average Bonchev–Trinajstić information content (AvgIpc) is 2.52. The second-order valence-corrected chi connectivity index (χ2v) is 5.09. The third-order valence-corrected chi connectivity index (χ3v) is 3.14. The summed E-state index contributed by atoms with van der Waals surface area (Å²) in [6, 6.07) is 15.9. The lowest BCUT2D eigenvalue weighted by molar-refractivity contribution is 0.0939. The summed E-state index contributed by atoms with van der Waals surface area (Å²) in [5.41, 5.74) is 6.17. The first-order valence-electron chi connectivity index (χ1n) is 6.24. The van der Waals surface area contributed by atoms with Gasteiger partial charge in [-0.1, -0.05) is 46.3 Å². The number of carbonyl (C=O) groups excluding carboxylic acids is 2. The second-order valence-electron chi connectivity index (χ2n) is 4.17. The van der Waals surface area contributed by atoms with E-state index in [4.69, 9.17) is 0 Å². The zero-order valence-electron chi connectivity index (χ0n) is 11.0. The van der Waals surface area contributed by atoms with Crippen molar-refractivity contribution in [2.45, 2.75) is 0 Å². The highest BCUT2D eigenvalue weighted by Gasteiger charge is 2.03. The summed E-state index contributed by atoms with van der Waals surface area (Å²) in [6.45, 7) is 0. The number of hydrazine groups is 1. The van der Waals surface area contributed by atoms with E-state index in [1.165, 1.54) is 12.3 Å². The SMILES string of the molecule is O=C(/C=C\NNC(=O)c1ccccc1)c1cccc(Br)c1. The highest BCUT2D eigenvalue weighted by atomic mass is 79.9. The van der Waals surface area contributed by atoms with Gasteiger partial charge in [0.1, 0.15) is 0 Å². The van der Waals surface area contributed by atoms with Crippen LogP contribution in [0.3, 0.4) is 0 Å². The summed E-state index contributed by atoms with van der Waals surface area (Å²) in [5, 5.41) is 0. The number of hydrogen-bond acceptors (Lipinski definition) is 3. The Morgan fingerprint density at radius 3 is 2.38 bits per heavy atom. The van der Waals surface area contributed by atoms with E-state index >= 15 is 0 Å². The van der Waals surface area contributed by atoms with Gasteiger partial charge in [-0.15, -0.1) is 0 Å². The molecule has 2 N–H and O–H groups in total. The summed E-state index contributed by atoms with van der Waals surface area (Å²) in [6.07, 6.45) is 2.75. The van der Waals surface area contributed by atoms with Gasteiger partial charge in [0.05, 0.1) is 0 Å². The monoisotopic (exact) mass is 344 g/mol. The predicted octanol–water partition coefficient (Wildman–Crippen LogP) is 3.08. The number of allylic oxidation sites excluding steroid dienone is 1. The fourth-order valence-corrected chi connectivity index (χ4v) is 2.02. The van der Waals surface area contributed by atoms with Crippen LogP contribution in [0.15, 0.2) is 71.3 Å². The van der Waals surface area contributed by atoms with Crippen molar-refractivity contribution in [3.63, 3.8) is 0 Å². The van der Waals surface area contributed by atoms with Crippen LogP contribution in [0.25, 0.3) is 0 Å². The Labute approximate surface area is 131 Å². The molecule has 0 aliphatic rings. The first kappa shape index (κ1) is 15.0. The number of amides is 1. The molecule has 106 valence electrons. The highest BCUT2D eigenvalue weighted by molar-refractivity contribution is 9.10. The van der Waals surface area contributed by atoms with Gasteiger partial charge in [0.2, 0.25) is 0 Å². The summed E-state index contributed by atoms with van der Waals surface area (Å²) in [5.74, 6) is -0.423. The van der Waals surface area contributed by atoms with Crippen LogP contribution in [-0.4, -0.2) is 11.7 Å². The van der Waals surface area contributed by atoms with Crippen LogP contribution < -0.4 is 10.9 Å². The molecule has 0 aliphatic heterocycles. The molecule has 0 spiro atoms. The van der Waals surface area contributed by atoms with Crippen LogP contribution in [0.5, 0.6) is 0 Å². The lowest BCUT2D eigenvalue weighted by atomic mass is 10.1. The lowest BCUT2D eigenvalue weighted by Crippen LogP contribution is -2.33. The van der Waals surface area contributed by atoms with Crippen LogP contribution in [0.2, 0.25) is 0 Å². The molecular formula is C16H13BrN2O2. The van der Waals surface area contributed by atoms with Crippen molar-refractivity contribution >= 4 is 27.6 Å². The van der Waals surface area contributed by atoms with Crippen molar-refractivity contribution in [3.8, 4) is 0 Å². The molecule has 2 rings (SSSR count). The van der Waals surface area contributed by atoms with Gasteiger partial charge >= 0.3 is 0 Å². The van der Waals surface area contributed by atoms with Crippen molar-refractivity contribution in [2.75, 3.05) is 0 Å². The first-order valence-corrected chi connectivity index (χ1v) is 7.03. The topological polar surface area (TPSA) is 58.2 Å². The lowest BCUT2D eigenvalue weighted by Gasteiger charge is -2.03. The maximum atomic E-state index is 11.9. The molecule has 21 heavy (non-hydrogen) atoms. The largest absolute Gasteiger partial charge is 0.305 e. The van der Waals surface area contributed by atoms with Crippen molar-refractivity contribution in [3.05, 3.63) is 82.5 Å². The van der Waals surface area contributed by atoms with Gasteiger partial charge in [0.25, 0.3) is 5.91 Å². The van der Waals surface area contributed by atoms with Crippen molar-refractivity contribution < 1.29 is 9.59 Å². The second kappa shape index (κ2) is 7.40. The quantitative estimate of drug-likeness (QED) is 0.497. The minimum atomic E-state index is -0.268. The van der Waals surface area contributed by atoms with Gasteiger partial charge in [-0.3, -0.25) is 15.0 Å². The highest BCUT2D eigenvalue weighted by Crippen LogP contribution is 2.12. The molecule has 0 aromatic heterocycles. The Morgan fingerprint density at radius 1 is 0.952 bits per heavy atom. The number of ketones is 1. The maximum absolute atomic E-state index is 11.9. The van der Waals surface area contributed by atoms with Crippen LogP contribution in [0.4, 0.5) is 0 Å². The molecule has 0 atom stereocenters. The molecule has 5 heteroatoms. The molecule has 4 nitrogen and oxygen atoms in total. The number of carbonyl (C=O) groups is 2. The fourth-order valence-electron chi connectivity index (χ4n) is 1.62. The fraction of sp³-hybridized carbons (Fsp3) is 0. The molecule has 2 aromatic carbocycles. The third-order valence-electron chi connectivity index (χ3n) is 2.65. The Morgan fingerprint density at radius 2 is 1.67 bits per heavy atom. The van der Waals surface area contributed by atoms with Crippen molar-refractivity contribution in [1.29, 1.82) is 0 Å². The van der Waals surface area contributed by atoms with E-state index in [1.54, 1.807) is 42.5 Å². The van der Waals surface area contributed by atoms with Gasteiger partial charge in [-0.25, -0.2) is 0 Å².